The number of fused-ring (bicyclic) bond motifs is 1. The molecule has 134 valence electrons. The molecule has 1 aromatic heterocycles. The first-order chi connectivity index (χ1) is 12.5. The number of hydrogen-bond acceptors (Lipinski definition) is 5. The van der Waals surface area contributed by atoms with Gasteiger partial charge in [-0.25, -0.2) is 4.98 Å². The highest BCUT2D eigenvalue weighted by Crippen LogP contribution is 2.35. The molecule has 1 N–H and O–H groups in total. The first-order valence-electron chi connectivity index (χ1n) is 7.73. The second-order valence-electron chi connectivity index (χ2n) is 5.39. The molecule has 7 heteroatoms. The first kappa shape index (κ1) is 17.8. The van der Waals surface area contributed by atoms with E-state index < -0.39 is 0 Å². The number of H-pyrrole nitrogens is 1. The van der Waals surface area contributed by atoms with Crippen LogP contribution in [0.15, 0.2) is 36.4 Å². The summed E-state index contributed by atoms with van der Waals surface area (Å²) in [5.74, 6) is 1.61. The Morgan fingerprint density at radius 1 is 1.04 bits per heavy atom. The quantitative estimate of drug-likeness (QED) is 0.520. The highest BCUT2D eigenvalue weighted by atomic mass is 35.5. The van der Waals surface area contributed by atoms with Crippen molar-refractivity contribution in [2.24, 2.45) is 0 Å². The molecule has 0 aliphatic rings. The van der Waals surface area contributed by atoms with E-state index in [0.717, 1.165) is 0 Å². The summed E-state index contributed by atoms with van der Waals surface area (Å²) in [6, 6.07) is 8.64. The van der Waals surface area contributed by atoms with E-state index in [-0.39, 0.29) is 11.6 Å². The molecule has 26 heavy (non-hydrogen) atoms. The van der Waals surface area contributed by atoms with Gasteiger partial charge in [-0.1, -0.05) is 11.6 Å². The Hall–Kier alpha value is -2.99. The topological polar surface area (TPSA) is 73.4 Å². The van der Waals surface area contributed by atoms with Crippen molar-refractivity contribution < 1.29 is 19.0 Å². The number of halogens is 1. The monoisotopic (exact) mass is 372 g/mol. The number of aromatic nitrogens is 2. The van der Waals surface area contributed by atoms with Gasteiger partial charge in [-0.3, -0.25) is 4.79 Å². The Morgan fingerprint density at radius 2 is 1.73 bits per heavy atom. The van der Waals surface area contributed by atoms with E-state index in [2.05, 4.69) is 9.97 Å². The summed E-state index contributed by atoms with van der Waals surface area (Å²) in [6.07, 6.45) is 3.06. The minimum absolute atomic E-state index is 0.234. The van der Waals surface area contributed by atoms with Gasteiger partial charge in [-0.05, 0) is 36.4 Å². The van der Waals surface area contributed by atoms with E-state index in [0.29, 0.717) is 38.9 Å². The summed E-state index contributed by atoms with van der Waals surface area (Å²) in [4.78, 5) is 19.7. The van der Waals surface area contributed by atoms with E-state index in [9.17, 15) is 4.79 Å². The molecule has 0 aliphatic carbocycles. The van der Waals surface area contributed by atoms with Crippen molar-refractivity contribution in [3.8, 4) is 17.2 Å². The zero-order valence-corrected chi connectivity index (χ0v) is 15.3. The third-order valence-electron chi connectivity index (χ3n) is 3.83. The van der Waals surface area contributed by atoms with Crippen LogP contribution >= 0.6 is 11.6 Å². The summed E-state index contributed by atoms with van der Waals surface area (Å²) in [5, 5.41) is 0.575. The molecule has 0 saturated heterocycles. The van der Waals surface area contributed by atoms with Gasteiger partial charge >= 0.3 is 0 Å². The van der Waals surface area contributed by atoms with Crippen LogP contribution in [0.2, 0.25) is 5.02 Å². The maximum Gasteiger partial charge on any atom is 0.221 e. The largest absolute Gasteiger partial charge is 0.496 e. The van der Waals surface area contributed by atoms with Gasteiger partial charge in [0.2, 0.25) is 5.78 Å². The van der Waals surface area contributed by atoms with Crippen LogP contribution in [0.25, 0.3) is 17.1 Å². The molecule has 0 radical (unpaired) electrons. The number of nitrogens with zero attached hydrogens (tertiary/aromatic N) is 1. The van der Waals surface area contributed by atoms with Gasteiger partial charge in [0.25, 0.3) is 0 Å². The number of carbonyl (C=O) groups excluding carboxylic acids is 1. The van der Waals surface area contributed by atoms with Gasteiger partial charge < -0.3 is 19.2 Å². The molecule has 0 amide bonds. The van der Waals surface area contributed by atoms with Crippen molar-refractivity contribution in [1.82, 2.24) is 9.97 Å². The lowest BCUT2D eigenvalue weighted by atomic mass is 10.1. The predicted molar refractivity (Wildman–Crippen MR) is 101 cm³/mol. The molecule has 0 aliphatic heterocycles. The summed E-state index contributed by atoms with van der Waals surface area (Å²) < 4.78 is 15.9. The van der Waals surface area contributed by atoms with Crippen molar-refractivity contribution in [3.63, 3.8) is 0 Å². The van der Waals surface area contributed by atoms with Gasteiger partial charge in [0, 0.05) is 16.7 Å². The van der Waals surface area contributed by atoms with Gasteiger partial charge in [-0.2, -0.15) is 0 Å². The number of imidazole rings is 1. The summed E-state index contributed by atoms with van der Waals surface area (Å²) >= 11 is 5.95. The van der Waals surface area contributed by atoms with E-state index >= 15 is 0 Å². The Bertz CT molecular complexity index is 995. The highest BCUT2D eigenvalue weighted by Gasteiger charge is 2.12. The third kappa shape index (κ3) is 3.50. The van der Waals surface area contributed by atoms with Gasteiger partial charge in [0.1, 0.15) is 5.75 Å². The molecule has 6 nitrogen and oxygen atoms in total. The fourth-order valence-corrected chi connectivity index (χ4v) is 2.70. The van der Waals surface area contributed by atoms with Crippen LogP contribution in [-0.2, 0) is 0 Å². The molecule has 0 saturated carbocycles. The van der Waals surface area contributed by atoms with Crippen molar-refractivity contribution in [3.05, 3.63) is 52.8 Å². The number of ketones is 1. The molecule has 1 heterocycles. The van der Waals surface area contributed by atoms with Crippen molar-refractivity contribution in [2.45, 2.75) is 0 Å². The Labute approximate surface area is 155 Å². The van der Waals surface area contributed by atoms with Crippen molar-refractivity contribution >= 4 is 34.5 Å². The standard InChI is InChI=1S/C19H17ClN2O4/c1-24-16-10-18(26-3)17(25-2)8-11(16)4-7-15(23)19-21-13-6-5-12(20)9-14(13)22-19/h4-10H,1-3H3,(H,21,22). The molecule has 0 fully saturated rings. The van der Waals surface area contributed by atoms with E-state index in [1.807, 2.05) is 0 Å². The maximum absolute atomic E-state index is 12.4. The molecular formula is C19H17ClN2O4. The second-order valence-corrected chi connectivity index (χ2v) is 5.83. The third-order valence-corrected chi connectivity index (χ3v) is 4.06. The average molecular weight is 373 g/mol. The van der Waals surface area contributed by atoms with E-state index in [4.69, 9.17) is 25.8 Å². The zero-order chi connectivity index (χ0) is 18.7. The zero-order valence-electron chi connectivity index (χ0n) is 14.5. The first-order valence-corrected chi connectivity index (χ1v) is 8.11. The van der Waals surface area contributed by atoms with Crippen LogP contribution in [0.4, 0.5) is 0 Å². The fourth-order valence-electron chi connectivity index (χ4n) is 2.53. The Kier molecular flexibility index (Phi) is 5.14. The number of ether oxygens (including phenoxy) is 3. The molecule has 0 spiro atoms. The van der Waals surface area contributed by atoms with E-state index in [1.165, 1.54) is 6.08 Å². The van der Waals surface area contributed by atoms with Crippen molar-refractivity contribution in [1.29, 1.82) is 0 Å². The van der Waals surface area contributed by atoms with E-state index in [1.54, 1.807) is 57.7 Å². The molecule has 2 aromatic carbocycles. The highest BCUT2D eigenvalue weighted by molar-refractivity contribution is 6.31. The summed E-state index contributed by atoms with van der Waals surface area (Å²) in [5.41, 5.74) is 2.06. The number of methoxy groups -OCH3 is 3. The number of carbonyl (C=O) groups is 1. The lowest BCUT2D eigenvalue weighted by Crippen LogP contribution is -1.98. The number of hydrogen-bond donors (Lipinski definition) is 1. The molecular weight excluding hydrogens is 356 g/mol. The van der Waals surface area contributed by atoms with Gasteiger partial charge in [0.15, 0.2) is 17.3 Å². The average Bonchev–Trinajstić information content (AvgIpc) is 3.08. The minimum Gasteiger partial charge on any atom is -0.496 e. The molecule has 0 unspecified atom stereocenters. The second kappa shape index (κ2) is 7.49. The lowest BCUT2D eigenvalue weighted by Gasteiger charge is -2.11. The molecule has 3 aromatic rings. The molecule has 0 atom stereocenters. The normalized spacial score (nSPS) is 11.1. The molecule has 0 bridgehead atoms. The van der Waals surface area contributed by atoms with Gasteiger partial charge in [0.05, 0.1) is 32.4 Å². The number of allylic oxidation sites excluding steroid dienone is 1. The minimum atomic E-state index is -0.269. The van der Waals surface area contributed by atoms with Gasteiger partial charge in [-0.15, -0.1) is 0 Å². The Morgan fingerprint density at radius 3 is 2.42 bits per heavy atom. The van der Waals surface area contributed by atoms with Crippen LogP contribution in [0.3, 0.4) is 0 Å². The van der Waals surface area contributed by atoms with Crippen LogP contribution in [0.5, 0.6) is 17.2 Å². The van der Waals surface area contributed by atoms with Crippen LogP contribution in [0.1, 0.15) is 16.2 Å². The maximum atomic E-state index is 12.4. The number of rotatable bonds is 6. The number of aromatic amines is 1. The number of benzene rings is 2. The van der Waals surface area contributed by atoms with Crippen LogP contribution in [0, 0.1) is 0 Å². The predicted octanol–water partition coefficient (Wildman–Crippen LogP) is 4.14. The summed E-state index contributed by atoms with van der Waals surface area (Å²) in [7, 11) is 4.63. The van der Waals surface area contributed by atoms with Crippen LogP contribution in [-0.4, -0.2) is 37.1 Å². The molecule has 3 rings (SSSR count). The SMILES string of the molecule is COc1cc(OC)c(OC)cc1C=CC(=O)c1nc2ccc(Cl)cc2[nH]1. The smallest absolute Gasteiger partial charge is 0.221 e. The van der Waals surface area contributed by atoms with Crippen LogP contribution < -0.4 is 14.2 Å². The lowest BCUT2D eigenvalue weighted by molar-refractivity contribution is 0.103. The Balaban J connectivity index is 1.91. The number of nitrogens with one attached hydrogen (secondary N) is 1. The fraction of sp³-hybridized carbons (Fsp3) is 0.158. The van der Waals surface area contributed by atoms with Crippen molar-refractivity contribution in [2.75, 3.05) is 21.3 Å². The summed E-state index contributed by atoms with van der Waals surface area (Å²) in [6.45, 7) is 0.